The number of hydrogen-bond acceptors (Lipinski definition) is 5. The van der Waals surface area contributed by atoms with Gasteiger partial charge in [0.05, 0.1) is 9.59 Å². The molecule has 0 bridgehead atoms. The topological polar surface area (TPSA) is 67.6 Å². The van der Waals surface area contributed by atoms with Crippen molar-refractivity contribution in [2.75, 3.05) is 6.54 Å². The second-order valence-corrected chi connectivity index (χ2v) is 5.71. The van der Waals surface area contributed by atoms with Crippen molar-refractivity contribution < 1.29 is 0 Å². The lowest BCUT2D eigenvalue weighted by atomic mass is 10.3. The van der Waals surface area contributed by atoms with Crippen LogP contribution in [0.1, 0.15) is 10.1 Å². The summed E-state index contributed by atoms with van der Waals surface area (Å²) in [6.07, 6.45) is 1.48. The summed E-state index contributed by atoms with van der Waals surface area (Å²) >= 11 is 8.98. The van der Waals surface area contributed by atoms with E-state index in [2.05, 4.69) is 15.2 Å². The van der Waals surface area contributed by atoms with Crippen LogP contribution in [0.3, 0.4) is 0 Å². The number of hydrogen-bond donors (Lipinski definition) is 2. The van der Waals surface area contributed by atoms with Gasteiger partial charge >= 0.3 is 0 Å². The molecule has 1 unspecified atom stereocenters. The Balaban J connectivity index is 2.11. The summed E-state index contributed by atoms with van der Waals surface area (Å²) in [4.78, 5) is 5.21. The minimum absolute atomic E-state index is 0.176. The van der Waals surface area contributed by atoms with E-state index in [1.54, 1.807) is 23.1 Å². The van der Waals surface area contributed by atoms with Crippen molar-refractivity contribution in [3.8, 4) is 0 Å². The minimum Gasteiger partial charge on any atom is -0.329 e. The first-order valence-electron chi connectivity index (χ1n) is 4.27. The summed E-state index contributed by atoms with van der Waals surface area (Å²) in [5, 5.41) is 7.53. The van der Waals surface area contributed by atoms with Crippen LogP contribution in [0.4, 0.5) is 0 Å². The van der Waals surface area contributed by atoms with Crippen molar-refractivity contribution in [2.45, 2.75) is 10.4 Å². The van der Waals surface area contributed by atoms with Gasteiger partial charge in [-0.25, -0.2) is 4.98 Å². The van der Waals surface area contributed by atoms with Gasteiger partial charge in [0.15, 0.2) is 5.16 Å². The minimum atomic E-state index is 0.176. The van der Waals surface area contributed by atoms with Gasteiger partial charge in [-0.3, -0.25) is 5.10 Å². The maximum absolute atomic E-state index is 5.88. The van der Waals surface area contributed by atoms with Crippen LogP contribution in [0.15, 0.2) is 23.6 Å². The number of nitrogens with one attached hydrogen (secondary N) is 1. The van der Waals surface area contributed by atoms with Crippen LogP contribution in [0.5, 0.6) is 0 Å². The second kappa shape index (κ2) is 4.98. The molecule has 0 aliphatic heterocycles. The number of aromatic nitrogens is 3. The molecule has 15 heavy (non-hydrogen) atoms. The van der Waals surface area contributed by atoms with E-state index in [4.69, 9.17) is 17.3 Å². The Bertz CT molecular complexity index is 414. The average Bonchev–Trinajstić information content (AvgIpc) is 2.85. The standard InChI is InChI=1S/C8H9ClN4S2/c9-7-2-1-5(14-7)6(3-10)15-8-11-4-12-13-8/h1-2,4,6H,3,10H2,(H,11,12,13). The van der Waals surface area contributed by atoms with Crippen LogP contribution in [0.25, 0.3) is 0 Å². The number of thiophene rings is 1. The van der Waals surface area contributed by atoms with Gasteiger partial charge in [0.25, 0.3) is 0 Å². The zero-order chi connectivity index (χ0) is 10.7. The SMILES string of the molecule is NCC(Sc1ncn[nH]1)c1ccc(Cl)s1. The monoisotopic (exact) mass is 260 g/mol. The second-order valence-electron chi connectivity index (χ2n) is 2.77. The van der Waals surface area contributed by atoms with Crippen molar-refractivity contribution in [3.05, 3.63) is 27.7 Å². The Hall–Kier alpha value is -0.560. The van der Waals surface area contributed by atoms with Crippen molar-refractivity contribution in [3.63, 3.8) is 0 Å². The third kappa shape index (κ3) is 2.72. The molecule has 3 N–H and O–H groups in total. The summed E-state index contributed by atoms with van der Waals surface area (Å²) in [7, 11) is 0. The van der Waals surface area contributed by atoms with Crippen LogP contribution < -0.4 is 5.73 Å². The summed E-state index contributed by atoms with van der Waals surface area (Å²) < 4.78 is 0.779. The maximum Gasteiger partial charge on any atom is 0.184 e. The van der Waals surface area contributed by atoms with Crippen LogP contribution in [0.2, 0.25) is 4.34 Å². The van der Waals surface area contributed by atoms with Gasteiger partial charge < -0.3 is 5.73 Å². The lowest BCUT2D eigenvalue weighted by Crippen LogP contribution is -2.08. The Morgan fingerprint density at radius 1 is 1.60 bits per heavy atom. The number of halogens is 1. The lowest BCUT2D eigenvalue weighted by Gasteiger charge is -2.09. The summed E-state index contributed by atoms with van der Waals surface area (Å²) in [6.45, 7) is 0.544. The van der Waals surface area contributed by atoms with E-state index in [0.717, 1.165) is 14.4 Å². The van der Waals surface area contributed by atoms with Crippen LogP contribution in [-0.4, -0.2) is 21.7 Å². The molecule has 2 rings (SSSR count). The van der Waals surface area contributed by atoms with Gasteiger partial charge in [-0.05, 0) is 12.1 Å². The van der Waals surface area contributed by atoms with E-state index < -0.39 is 0 Å². The molecule has 2 heterocycles. The van der Waals surface area contributed by atoms with Gasteiger partial charge in [-0.15, -0.1) is 11.3 Å². The van der Waals surface area contributed by atoms with Gasteiger partial charge in [0.1, 0.15) is 6.33 Å². The molecule has 2 aromatic rings. The van der Waals surface area contributed by atoms with E-state index in [9.17, 15) is 0 Å². The Morgan fingerprint density at radius 3 is 3.00 bits per heavy atom. The summed E-state index contributed by atoms with van der Waals surface area (Å²) in [5.74, 6) is 0. The average molecular weight is 261 g/mol. The fourth-order valence-corrected chi connectivity index (χ4v) is 3.23. The van der Waals surface area contributed by atoms with E-state index in [0.29, 0.717) is 6.54 Å². The molecule has 0 spiro atoms. The molecule has 2 aromatic heterocycles. The molecule has 0 fully saturated rings. The van der Waals surface area contributed by atoms with E-state index in [1.807, 2.05) is 12.1 Å². The molecule has 0 amide bonds. The predicted octanol–water partition coefficient (Wildman–Crippen LogP) is 2.31. The third-order valence-electron chi connectivity index (χ3n) is 1.77. The first-order valence-corrected chi connectivity index (χ1v) is 6.34. The first kappa shape index (κ1) is 10.9. The normalized spacial score (nSPS) is 12.9. The van der Waals surface area contributed by atoms with Crippen LogP contribution in [0, 0.1) is 0 Å². The number of aromatic amines is 1. The molecule has 4 nitrogen and oxygen atoms in total. The maximum atomic E-state index is 5.88. The van der Waals surface area contributed by atoms with Crippen molar-refractivity contribution in [1.29, 1.82) is 0 Å². The first-order chi connectivity index (χ1) is 7.29. The molecular formula is C8H9ClN4S2. The molecule has 1 atom stereocenters. The van der Waals surface area contributed by atoms with Crippen molar-refractivity contribution in [1.82, 2.24) is 15.2 Å². The fourth-order valence-electron chi connectivity index (χ4n) is 1.11. The zero-order valence-corrected chi connectivity index (χ0v) is 10.1. The van der Waals surface area contributed by atoms with Gasteiger partial charge in [-0.2, -0.15) is 5.10 Å². The number of H-pyrrole nitrogens is 1. The fraction of sp³-hybridized carbons (Fsp3) is 0.250. The quantitative estimate of drug-likeness (QED) is 0.828. The highest BCUT2D eigenvalue weighted by atomic mass is 35.5. The number of rotatable bonds is 4. The molecule has 0 saturated heterocycles. The molecular weight excluding hydrogens is 252 g/mol. The highest BCUT2D eigenvalue weighted by Crippen LogP contribution is 2.37. The number of nitrogens with two attached hydrogens (primary N) is 1. The highest BCUT2D eigenvalue weighted by molar-refractivity contribution is 7.99. The van der Waals surface area contributed by atoms with E-state index >= 15 is 0 Å². The van der Waals surface area contributed by atoms with E-state index in [1.165, 1.54) is 6.33 Å². The third-order valence-corrected chi connectivity index (χ3v) is 4.42. The van der Waals surface area contributed by atoms with Gasteiger partial charge in [-0.1, -0.05) is 23.4 Å². The van der Waals surface area contributed by atoms with Crippen molar-refractivity contribution in [2.24, 2.45) is 5.73 Å². The Kier molecular flexibility index (Phi) is 3.63. The van der Waals surface area contributed by atoms with E-state index in [-0.39, 0.29) is 5.25 Å². The predicted molar refractivity (Wildman–Crippen MR) is 63.4 cm³/mol. The molecule has 80 valence electrons. The van der Waals surface area contributed by atoms with Gasteiger partial charge in [0.2, 0.25) is 0 Å². The Labute approximate surface area is 100 Å². The summed E-state index contributed by atoms with van der Waals surface area (Å²) in [6, 6.07) is 3.87. The zero-order valence-electron chi connectivity index (χ0n) is 7.68. The number of nitrogens with zero attached hydrogens (tertiary/aromatic N) is 2. The smallest absolute Gasteiger partial charge is 0.184 e. The molecule has 0 aliphatic carbocycles. The largest absolute Gasteiger partial charge is 0.329 e. The van der Waals surface area contributed by atoms with Gasteiger partial charge in [0, 0.05) is 11.4 Å². The molecule has 0 radical (unpaired) electrons. The lowest BCUT2D eigenvalue weighted by molar-refractivity contribution is 0.926. The highest BCUT2D eigenvalue weighted by Gasteiger charge is 2.15. The molecule has 0 aliphatic rings. The van der Waals surface area contributed by atoms with Crippen LogP contribution in [-0.2, 0) is 0 Å². The molecule has 0 saturated carbocycles. The van der Waals surface area contributed by atoms with Crippen LogP contribution >= 0.6 is 34.7 Å². The number of thioether (sulfide) groups is 1. The Morgan fingerprint density at radius 2 is 2.47 bits per heavy atom. The molecule has 0 aromatic carbocycles. The van der Waals surface area contributed by atoms with Crippen molar-refractivity contribution >= 4 is 34.7 Å². The molecule has 7 heteroatoms. The summed E-state index contributed by atoms with van der Waals surface area (Å²) in [5.41, 5.74) is 5.71.